The topological polar surface area (TPSA) is 75.6 Å². The molecule has 1 aromatic carbocycles. The summed E-state index contributed by atoms with van der Waals surface area (Å²) in [5.74, 6) is -0.0454. The molecule has 128 valence electrons. The van der Waals surface area contributed by atoms with Gasteiger partial charge in [-0.2, -0.15) is 10.2 Å². The number of aromatic nitrogens is 4. The number of nitrogens with one attached hydrogen (secondary N) is 2. The van der Waals surface area contributed by atoms with Crippen LogP contribution < -0.4 is 5.32 Å². The lowest BCUT2D eigenvalue weighted by Gasteiger charge is -2.22. The molecule has 6 nitrogen and oxygen atoms in total. The summed E-state index contributed by atoms with van der Waals surface area (Å²) in [7, 11) is 1.88. The number of benzene rings is 1. The molecule has 25 heavy (non-hydrogen) atoms. The quantitative estimate of drug-likeness (QED) is 0.766. The molecule has 2 N–H and O–H groups in total. The van der Waals surface area contributed by atoms with Gasteiger partial charge in [-0.3, -0.25) is 14.6 Å². The summed E-state index contributed by atoms with van der Waals surface area (Å²) in [6, 6.07) is 10.3. The molecule has 1 unspecified atom stereocenters. The second kappa shape index (κ2) is 6.55. The molecule has 6 heteroatoms. The molecule has 0 aliphatic heterocycles. The molecule has 0 radical (unpaired) electrons. The van der Waals surface area contributed by atoms with E-state index in [1.807, 2.05) is 31.4 Å². The number of rotatable bonds is 4. The summed E-state index contributed by atoms with van der Waals surface area (Å²) >= 11 is 0. The van der Waals surface area contributed by atoms with Gasteiger partial charge in [0.15, 0.2) is 0 Å². The molecule has 3 aromatic rings. The highest BCUT2D eigenvalue weighted by atomic mass is 16.1. The average molecular weight is 335 g/mol. The molecule has 1 amide bonds. The first kappa shape index (κ1) is 15.6. The zero-order valence-electron chi connectivity index (χ0n) is 14.2. The van der Waals surface area contributed by atoms with Crippen LogP contribution in [0.25, 0.3) is 0 Å². The van der Waals surface area contributed by atoms with Gasteiger partial charge in [-0.15, -0.1) is 0 Å². The van der Waals surface area contributed by atoms with E-state index in [0.717, 1.165) is 25.0 Å². The van der Waals surface area contributed by atoms with Crippen LogP contribution in [-0.2, 0) is 26.3 Å². The molecule has 4 rings (SSSR count). The summed E-state index contributed by atoms with van der Waals surface area (Å²) in [5, 5.41) is 14.6. The fraction of sp³-hybridized carbons (Fsp3) is 0.316. The normalized spacial score (nSPS) is 16.4. The largest absolute Gasteiger partial charge is 0.349 e. The molecule has 0 saturated heterocycles. The first-order valence-corrected chi connectivity index (χ1v) is 8.57. The van der Waals surface area contributed by atoms with Crippen molar-refractivity contribution in [2.75, 3.05) is 0 Å². The number of hydrogen-bond acceptors (Lipinski definition) is 3. The summed E-state index contributed by atoms with van der Waals surface area (Å²) < 4.78 is 1.79. The molecule has 1 aliphatic carbocycles. The van der Waals surface area contributed by atoms with E-state index in [-0.39, 0.29) is 11.9 Å². The van der Waals surface area contributed by atoms with Crippen LogP contribution in [0.4, 0.5) is 0 Å². The summed E-state index contributed by atoms with van der Waals surface area (Å²) in [4.78, 5) is 12.8. The number of aryl methyl sites for hydroxylation is 2. The van der Waals surface area contributed by atoms with Crippen LogP contribution in [0.1, 0.15) is 39.3 Å². The van der Waals surface area contributed by atoms with Crippen LogP contribution >= 0.6 is 0 Å². The van der Waals surface area contributed by atoms with Gasteiger partial charge in [0.05, 0.1) is 23.7 Å². The Kier molecular flexibility index (Phi) is 4.09. The maximum Gasteiger partial charge on any atom is 0.254 e. The van der Waals surface area contributed by atoms with Crippen molar-refractivity contribution in [1.29, 1.82) is 0 Å². The predicted octanol–water partition coefficient (Wildman–Crippen LogP) is 2.02. The van der Waals surface area contributed by atoms with E-state index in [0.29, 0.717) is 12.0 Å². The van der Waals surface area contributed by atoms with Crippen LogP contribution in [0.3, 0.4) is 0 Å². The van der Waals surface area contributed by atoms with Crippen LogP contribution in [0.5, 0.6) is 0 Å². The molecule has 0 fully saturated rings. The van der Waals surface area contributed by atoms with E-state index in [2.05, 4.69) is 32.7 Å². The van der Waals surface area contributed by atoms with Crippen LogP contribution in [0, 0.1) is 0 Å². The molecule has 0 bridgehead atoms. The first-order valence-electron chi connectivity index (χ1n) is 8.57. The van der Waals surface area contributed by atoms with Gasteiger partial charge in [0.25, 0.3) is 5.91 Å². The zero-order chi connectivity index (χ0) is 17.2. The Labute approximate surface area is 146 Å². The van der Waals surface area contributed by atoms with Crippen molar-refractivity contribution in [1.82, 2.24) is 25.3 Å². The first-order chi connectivity index (χ1) is 12.2. The Morgan fingerprint density at radius 1 is 1.32 bits per heavy atom. The lowest BCUT2D eigenvalue weighted by Crippen LogP contribution is -2.39. The number of fused-ring (bicyclic) bond motifs is 1. The van der Waals surface area contributed by atoms with Gasteiger partial charge in [0.2, 0.25) is 0 Å². The molecule has 1 atom stereocenters. The minimum absolute atomic E-state index is 0.0454. The molecule has 1 aliphatic rings. The maximum absolute atomic E-state index is 12.8. The highest BCUT2D eigenvalue weighted by molar-refractivity contribution is 5.95. The molecule has 2 aromatic heterocycles. The number of aromatic amines is 1. The fourth-order valence-corrected chi connectivity index (χ4v) is 3.45. The highest BCUT2D eigenvalue weighted by Crippen LogP contribution is 2.20. The second-order valence-electron chi connectivity index (χ2n) is 6.58. The smallest absolute Gasteiger partial charge is 0.254 e. The maximum atomic E-state index is 12.8. The zero-order valence-corrected chi connectivity index (χ0v) is 14.2. The van der Waals surface area contributed by atoms with E-state index in [1.165, 1.54) is 16.8 Å². The van der Waals surface area contributed by atoms with Gasteiger partial charge < -0.3 is 5.32 Å². The average Bonchev–Trinajstić information content (AvgIpc) is 3.23. The Bertz CT molecular complexity index is 880. The third kappa shape index (κ3) is 3.20. The van der Waals surface area contributed by atoms with Gasteiger partial charge >= 0.3 is 0 Å². The lowest BCUT2D eigenvalue weighted by molar-refractivity contribution is 0.0932. The Morgan fingerprint density at radius 3 is 3.00 bits per heavy atom. The summed E-state index contributed by atoms with van der Waals surface area (Å²) in [6.07, 6.45) is 6.89. The van der Waals surface area contributed by atoms with Crippen molar-refractivity contribution in [3.8, 4) is 0 Å². The second-order valence-corrected chi connectivity index (χ2v) is 6.58. The van der Waals surface area contributed by atoms with Gasteiger partial charge in [-0.25, -0.2) is 0 Å². The van der Waals surface area contributed by atoms with Gasteiger partial charge in [0, 0.05) is 25.2 Å². The SMILES string of the molecule is Cn1ncc(C(=O)NC2CCc3[nH]ncc3C2)c1Cc1ccccc1. The van der Waals surface area contributed by atoms with Crippen molar-refractivity contribution in [2.24, 2.45) is 7.05 Å². The summed E-state index contributed by atoms with van der Waals surface area (Å²) in [6.45, 7) is 0. The number of carbonyl (C=O) groups excluding carboxylic acids is 1. The standard InChI is InChI=1S/C19H21N5O/c1-24-18(9-13-5-3-2-4-6-13)16(12-21-24)19(25)22-15-7-8-17-14(10-15)11-20-23-17/h2-6,11-12,15H,7-10H2,1H3,(H,20,23)(H,22,25). The fourth-order valence-electron chi connectivity index (χ4n) is 3.45. The minimum atomic E-state index is -0.0454. The van der Waals surface area contributed by atoms with Crippen LogP contribution in [0.15, 0.2) is 42.7 Å². The Balaban J connectivity index is 1.49. The van der Waals surface area contributed by atoms with E-state index in [4.69, 9.17) is 0 Å². The van der Waals surface area contributed by atoms with Gasteiger partial charge in [-0.1, -0.05) is 30.3 Å². The lowest BCUT2D eigenvalue weighted by atomic mass is 9.93. The third-order valence-corrected chi connectivity index (χ3v) is 4.87. The number of nitrogens with zero attached hydrogens (tertiary/aromatic N) is 3. The van der Waals surface area contributed by atoms with Crippen molar-refractivity contribution in [2.45, 2.75) is 31.7 Å². The van der Waals surface area contributed by atoms with E-state index in [1.54, 1.807) is 10.9 Å². The summed E-state index contributed by atoms with van der Waals surface area (Å²) in [5.41, 5.74) is 5.15. The van der Waals surface area contributed by atoms with E-state index >= 15 is 0 Å². The Morgan fingerprint density at radius 2 is 2.16 bits per heavy atom. The van der Waals surface area contributed by atoms with Gasteiger partial charge in [-0.05, 0) is 30.4 Å². The number of hydrogen-bond donors (Lipinski definition) is 2. The van der Waals surface area contributed by atoms with E-state index < -0.39 is 0 Å². The minimum Gasteiger partial charge on any atom is -0.349 e. The molecular formula is C19H21N5O. The van der Waals surface area contributed by atoms with E-state index in [9.17, 15) is 4.79 Å². The highest BCUT2D eigenvalue weighted by Gasteiger charge is 2.24. The monoisotopic (exact) mass is 335 g/mol. The van der Waals surface area contributed by atoms with Crippen molar-refractivity contribution in [3.05, 3.63) is 70.8 Å². The molecule has 0 spiro atoms. The Hall–Kier alpha value is -2.89. The van der Waals surface area contributed by atoms with Gasteiger partial charge in [0.1, 0.15) is 0 Å². The molecule has 0 saturated carbocycles. The van der Waals surface area contributed by atoms with Crippen molar-refractivity contribution < 1.29 is 4.79 Å². The third-order valence-electron chi connectivity index (χ3n) is 4.87. The van der Waals surface area contributed by atoms with Crippen molar-refractivity contribution in [3.63, 3.8) is 0 Å². The molecule has 2 heterocycles. The van der Waals surface area contributed by atoms with Crippen LogP contribution in [-0.4, -0.2) is 31.9 Å². The predicted molar refractivity (Wildman–Crippen MR) is 94.3 cm³/mol. The molecular weight excluding hydrogens is 314 g/mol. The van der Waals surface area contributed by atoms with Crippen molar-refractivity contribution >= 4 is 5.91 Å². The number of amides is 1. The van der Waals surface area contributed by atoms with Crippen LogP contribution in [0.2, 0.25) is 0 Å². The number of H-pyrrole nitrogens is 1. The number of carbonyl (C=O) groups is 1.